The Hall–Kier alpha value is -3.07. The summed E-state index contributed by atoms with van der Waals surface area (Å²) in [5.41, 5.74) is 1.08. The second-order valence-electron chi connectivity index (χ2n) is 6.16. The van der Waals surface area contributed by atoms with Gasteiger partial charge in [-0.25, -0.2) is 9.37 Å². The molecular weight excluding hydrogens is 376 g/mol. The molecule has 146 valence electrons. The highest BCUT2D eigenvalue weighted by atomic mass is 19.4. The molecule has 28 heavy (non-hydrogen) atoms. The van der Waals surface area contributed by atoms with Gasteiger partial charge in [0.15, 0.2) is 6.10 Å². The third-order valence-corrected chi connectivity index (χ3v) is 4.07. The number of nitrogens with one attached hydrogen (secondary N) is 1. The number of benzene rings is 1. The van der Waals surface area contributed by atoms with Crippen molar-refractivity contribution in [2.24, 2.45) is 0 Å². The third kappa shape index (κ3) is 4.61. The van der Waals surface area contributed by atoms with Gasteiger partial charge in [-0.3, -0.25) is 9.97 Å². The monoisotopic (exact) mass is 392 g/mol. The Balaban J connectivity index is 1.75. The van der Waals surface area contributed by atoms with Gasteiger partial charge >= 0.3 is 6.18 Å². The number of pyridine rings is 1. The zero-order valence-electron chi connectivity index (χ0n) is 14.7. The Kier molecular flexibility index (Phi) is 5.55. The molecular formula is C19H16F4N4O. The lowest BCUT2D eigenvalue weighted by Gasteiger charge is -2.16. The van der Waals surface area contributed by atoms with Gasteiger partial charge in [-0.2, -0.15) is 13.2 Å². The van der Waals surface area contributed by atoms with Crippen LogP contribution >= 0.6 is 0 Å². The molecule has 1 unspecified atom stereocenters. The summed E-state index contributed by atoms with van der Waals surface area (Å²) in [7, 11) is 0. The lowest BCUT2D eigenvalue weighted by atomic mass is 10.1. The van der Waals surface area contributed by atoms with Crippen LogP contribution in [0.1, 0.15) is 30.2 Å². The van der Waals surface area contributed by atoms with Crippen molar-refractivity contribution in [2.45, 2.75) is 25.2 Å². The van der Waals surface area contributed by atoms with Gasteiger partial charge in [0.25, 0.3) is 0 Å². The third-order valence-electron chi connectivity index (χ3n) is 4.07. The van der Waals surface area contributed by atoms with Crippen molar-refractivity contribution in [3.05, 3.63) is 72.1 Å². The fraction of sp³-hybridized carbons (Fsp3) is 0.211. The number of aromatic nitrogens is 3. The smallest absolute Gasteiger partial charge is 0.379 e. The minimum atomic E-state index is -4.78. The predicted molar refractivity (Wildman–Crippen MR) is 94.7 cm³/mol. The van der Waals surface area contributed by atoms with Crippen molar-refractivity contribution in [3.63, 3.8) is 0 Å². The van der Waals surface area contributed by atoms with E-state index in [0.717, 1.165) is 11.8 Å². The summed E-state index contributed by atoms with van der Waals surface area (Å²) >= 11 is 0. The number of rotatable bonds is 5. The van der Waals surface area contributed by atoms with Gasteiger partial charge in [-0.05, 0) is 30.7 Å². The average molecular weight is 392 g/mol. The maximum atomic E-state index is 13.0. The van der Waals surface area contributed by atoms with Crippen LogP contribution < -0.4 is 5.32 Å². The Labute approximate surface area is 158 Å². The van der Waals surface area contributed by atoms with Crippen LogP contribution in [0.25, 0.3) is 11.3 Å². The van der Waals surface area contributed by atoms with Crippen LogP contribution in [0.3, 0.4) is 0 Å². The van der Waals surface area contributed by atoms with Gasteiger partial charge in [-0.1, -0.05) is 12.1 Å². The summed E-state index contributed by atoms with van der Waals surface area (Å²) < 4.78 is 51.0. The van der Waals surface area contributed by atoms with E-state index in [9.17, 15) is 22.7 Å². The van der Waals surface area contributed by atoms with Gasteiger partial charge in [0.2, 0.25) is 0 Å². The van der Waals surface area contributed by atoms with E-state index in [0.29, 0.717) is 17.1 Å². The molecule has 9 heteroatoms. The fourth-order valence-electron chi connectivity index (χ4n) is 2.54. The standard InChI is InChI=1S/C19H16F4N4O/c1-11(12-2-4-15(20)5-3-12)27-17-10-25-16(9-26-17)13-6-14(8-24-7-13)18(28)19(21,22)23/h2-11,18,28H,1H3,(H,26,27)/t11-,18?/m1/s1. The molecule has 1 aromatic carbocycles. The molecule has 0 radical (unpaired) electrons. The van der Waals surface area contributed by atoms with Crippen LogP contribution in [0.5, 0.6) is 0 Å². The van der Waals surface area contributed by atoms with Crippen LogP contribution in [0.15, 0.2) is 55.1 Å². The SMILES string of the molecule is C[C@@H](Nc1cnc(-c2cncc(C(O)C(F)(F)F)c2)cn1)c1ccc(F)cc1. The van der Waals surface area contributed by atoms with Crippen molar-refractivity contribution in [2.75, 3.05) is 5.32 Å². The molecule has 3 aromatic rings. The van der Waals surface area contributed by atoms with Gasteiger partial charge in [0.1, 0.15) is 11.6 Å². The van der Waals surface area contributed by atoms with Crippen LogP contribution in [0.2, 0.25) is 0 Å². The van der Waals surface area contributed by atoms with Gasteiger partial charge < -0.3 is 10.4 Å². The van der Waals surface area contributed by atoms with Crippen LogP contribution in [-0.4, -0.2) is 26.2 Å². The number of alkyl halides is 3. The number of hydrogen-bond donors (Lipinski definition) is 2. The summed E-state index contributed by atoms with van der Waals surface area (Å²) in [5, 5.41) is 12.5. The van der Waals surface area contributed by atoms with Crippen LogP contribution in [0.4, 0.5) is 23.4 Å². The molecule has 0 aliphatic heterocycles. The Bertz CT molecular complexity index is 930. The van der Waals surface area contributed by atoms with E-state index in [2.05, 4.69) is 20.3 Å². The molecule has 3 rings (SSSR count). The first-order valence-electron chi connectivity index (χ1n) is 8.28. The van der Waals surface area contributed by atoms with Crippen molar-refractivity contribution in [1.82, 2.24) is 15.0 Å². The average Bonchev–Trinajstić information content (AvgIpc) is 2.68. The quantitative estimate of drug-likeness (QED) is 0.628. The summed E-state index contributed by atoms with van der Waals surface area (Å²) in [5.74, 6) is 0.117. The summed E-state index contributed by atoms with van der Waals surface area (Å²) in [4.78, 5) is 12.1. The van der Waals surface area contributed by atoms with E-state index in [1.54, 1.807) is 12.1 Å². The second-order valence-corrected chi connectivity index (χ2v) is 6.16. The topological polar surface area (TPSA) is 70.9 Å². The highest BCUT2D eigenvalue weighted by Crippen LogP contribution is 2.33. The van der Waals surface area contributed by atoms with E-state index in [1.807, 2.05) is 6.92 Å². The normalized spacial score (nSPS) is 13.8. The summed E-state index contributed by atoms with van der Waals surface area (Å²) in [6.07, 6.45) is -2.29. The minimum Gasteiger partial charge on any atom is -0.379 e. The molecule has 0 aliphatic carbocycles. The number of halogens is 4. The first-order valence-corrected chi connectivity index (χ1v) is 8.28. The van der Waals surface area contributed by atoms with Gasteiger partial charge in [0.05, 0.1) is 18.1 Å². The molecule has 0 saturated carbocycles. The van der Waals surface area contributed by atoms with E-state index < -0.39 is 12.3 Å². The zero-order valence-corrected chi connectivity index (χ0v) is 14.7. The number of aliphatic hydroxyl groups is 1. The minimum absolute atomic E-state index is 0.160. The zero-order chi connectivity index (χ0) is 20.3. The molecule has 0 amide bonds. The van der Waals surface area contributed by atoms with Crippen LogP contribution in [-0.2, 0) is 0 Å². The largest absolute Gasteiger partial charge is 0.418 e. The fourth-order valence-corrected chi connectivity index (χ4v) is 2.54. The molecule has 5 nitrogen and oxygen atoms in total. The van der Waals surface area contributed by atoms with E-state index in [1.165, 1.54) is 36.8 Å². The number of aliphatic hydroxyl groups excluding tert-OH is 1. The number of anilines is 1. The van der Waals surface area contributed by atoms with E-state index in [4.69, 9.17) is 0 Å². The molecule has 0 saturated heterocycles. The predicted octanol–water partition coefficient (Wildman–Crippen LogP) is 4.45. The molecule has 0 fully saturated rings. The molecule has 2 atom stereocenters. The first kappa shape index (κ1) is 19.7. The van der Waals surface area contributed by atoms with E-state index >= 15 is 0 Å². The lowest BCUT2D eigenvalue weighted by molar-refractivity contribution is -0.206. The van der Waals surface area contributed by atoms with Crippen molar-refractivity contribution in [1.29, 1.82) is 0 Å². The highest BCUT2D eigenvalue weighted by molar-refractivity contribution is 5.58. The number of hydrogen-bond acceptors (Lipinski definition) is 5. The Morgan fingerprint density at radius 2 is 1.68 bits per heavy atom. The summed E-state index contributed by atoms with van der Waals surface area (Å²) in [6.45, 7) is 1.87. The highest BCUT2D eigenvalue weighted by Gasteiger charge is 2.39. The van der Waals surface area contributed by atoms with Crippen molar-refractivity contribution < 1.29 is 22.7 Å². The molecule has 2 heterocycles. The molecule has 2 aromatic heterocycles. The molecule has 0 spiro atoms. The molecule has 0 bridgehead atoms. The molecule has 2 N–H and O–H groups in total. The van der Waals surface area contributed by atoms with Crippen LogP contribution in [0, 0.1) is 5.82 Å². The first-order chi connectivity index (χ1) is 13.2. The van der Waals surface area contributed by atoms with Gasteiger partial charge in [0, 0.05) is 29.6 Å². The van der Waals surface area contributed by atoms with Crippen molar-refractivity contribution >= 4 is 5.82 Å². The van der Waals surface area contributed by atoms with Crippen molar-refractivity contribution in [3.8, 4) is 11.3 Å². The van der Waals surface area contributed by atoms with E-state index in [-0.39, 0.29) is 17.4 Å². The second kappa shape index (κ2) is 7.89. The number of nitrogens with zero attached hydrogens (tertiary/aromatic N) is 3. The lowest BCUT2D eigenvalue weighted by Crippen LogP contribution is -2.20. The maximum Gasteiger partial charge on any atom is 0.418 e. The Morgan fingerprint density at radius 3 is 2.29 bits per heavy atom. The molecule has 0 aliphatic rings. The summed E-state index contributed by atoms with van der Waals surface area (Å²) in [6, 6.07) is 7.03. The van der Waals surface area contributed by atoms with Gasteiger partial charge in [-0.15, -0.1) is 0 Å². The Morgan fingerprint density at radius 1 is 0.964 bits per heavy atom. The maximum absolute atomic E-state index is 13.0.